The Morgan fingerprint density at radius 1 is 0.655 bits per heavy atom. The van der Waals surface area contributed by atoms with Crippen LogP contribution in [0.4, 0.5) is 20.3 Å². The first-order chi connectivity index (χ1) is 26.6. The smallest absolute Gasteiger partial charge is 0.256 e. The van der Waals surface area contributed by atoms with Crippen LogP contribution in [0.15, 0.2) is 161 Å². The molecule has 1 N–H and O–H groups in total. The summed E-state index contributed by atoms with van der Waals surface area (Å²) in [5, 5.41) is 8.43. The summed E-state index contributed by atoms with van der Waals surface area (Å²) in [6.07, 6.45) is 0. The molecule has 2 heterocycles. The van der Waals surface area contributed by atoms with E-state index in [4.69, 9.17) is 5.10 Å². The number of carbonyl (C=O) groups excluding carboxylic acids is 1. The predicted molar refractivity (Wildman–Crippen MR) is 210 cm³/mol. The van der Waals surface area contributed by atoms with Crippen LogP contribution in [0.3, 0.4) is 0 Å². The number of sulfone groups is 1. The van der Waals surface area contributed by atoms with E-state index in [0.717, 1.165) is 60.7 Å². The molecular formula is C44H37F2N5O3S. The normalized spacial score (nSPS) is 13.9. The highest BCUT2D eigenvalue weighted by Crippen LogP contribution is 2.44. The van der Waals surface area contributed by atoms with Gasteiger partial charge in [0.15, 0.2) is 5.82 Å². The van der Waals surface area contributed by atoms with Gasteiger partial charge in [0.05, 0.1) is 15.3 Å². The van der Waals surface area contributed by atoms with Crippen LogP contribution >= 0.6 is 0 Å². The molecule has 8 rings (SSSR count). The van der Waals surface area contributed by atoms with Gasteiger partial charge in [0.25, 0.3) is 5.91 Å². The first-order valence-corrected chi connectivity index (χ1v) is 19.4. The molecule has 276 valence electrons. The van der Waals surface area contributed by atoms with Crippen LogP contribution < -0.4 is 10.2 Å². The highest BCUT2D eigenvalue weighted by molar-refractivity contribution is 7.91. The number of carbonyl (C=O) groups is 1. The zero-order valence-electron chi connectivity index (χ0n) is 29.9. The maximum Gasteiger partial charge on any atom is 0.256 e. The van der Waals surface area contributed by atoms with Crippen molar-refractivity contribution in [2.75, 3.05) is 43.4 Å². The average Bonchev–Trinajstić information content (AvgIpc) is 3.56. The Labute approximate surface area is 318 Å². The summed E-state index contributed by atoms with van der Waals surface area (Å²) in [6.45, 7) is 3.65. The molecule has 11 heteroatoms. The lowest BCUT2D eigenvalue weighted by molar-refractivity contribution is 0.102. The van der Waals surface area contributed by atoms with Crippen molar-refractivity contribution in [3.63, 3.8) is 0 Å². The average molecular weight is 754 g/mol. The van der Waals surface area contributed by atoms with Gasteiger partial charge in [-0.05, 0) is 78.3 Å². The van der Waals surface area contributed by atoms with E-state index >= 15 is 0 Å². The first-order valence-electron chi connectivity index (χ1n) is 17.9. The topological polar surface area (TPSA) is 87.5 Å². The van der Waals surface area contributed by atoms with Crippen LogP contribution in [0.2, 0.25) is 0 Å². The van der Waals surface area contributed by atoms with Crippen molar-refractivity contribution >= 4 is 38.2 Å². The van der Waals surface area contributed by atoms with Crippen molar-refractivity contribution in [3.05, 3.63) is 186 Å². The highest BCUT2D eigenvalue weighted by atomic mass is 32.2. The first kappa shape index (κ1) is 35.8. The van der Waals surface area contributed by atoms with E-state index in [1.54, 1.807) is 18.2 Å². The van der Waals surface area contributed by atoms with Gasteiger partial charge in [0.1, 0.15) is 17.2 Å². The Morgan fingerprint density at radius 3 is 1.71 bits per heavy atom. The van der Waals surface area contributed by atoms with Crippen molar-refractivity contribution in [3.8, 4) is 0 Å². The minimum Gasteiger partial charge on any atom is -0.369 e. The van der Waals surface area contributed by atoms with Crippen LogP contribution in [-0.2, 0) is 15.4 Å². The number of rotatable bonds is 9. The van der Waals surface area contributed by atoms with Crippen LogP contribution in [0.25, 0.3) is 10.9 Å². The number of nitrogens with zero attached hydrogens (tertiary/aromatic N) is 4. The molecule has 6 aromatic carbocycles. The lowest BCUT2D eigenvalue weighted by Crippen LogP contribution is -2.44. The second-order valence-electron chi connectivity index (χ2n) is 13.6. The minimum absolute atomic E-state index is 0.109. The Kier molecular flexibility index (Phi) is 9.50. The highest BCUT2D eigenvalue weighted by Gasteiger charge is 2.41. The van der Waals surface area contributed by atoms with Crippen LogP contribution in [0, 0.1) is 11.6 Å². The molecule has 8 nitrogen and oxygen atoms in total. The number of fused-ring (bicyclic) bond motifs is 1. The summed E-state index contributed by atoms with van der Waals surface area (Å²) < 4.78 is 58.3. The van der Waals surface area contributed by atoms with Gasteiger partial charge < -0.3 is 15.1 Å². The number of likely N-dealkylation sites (N-methyl/N-ethyl adjacent to an activating group) is 1. The van der Waals surface area contributed by atoms with E-state index in [1.165, 1.54) is 12.1 Å². The maximum atomic E-state index is 14.3. The second kappa shape index (κ2) is 14.6. The number of halogens is 2. The van der Waals surface area contributed by atoms with E-state index < -0.39 is 37.8 Å². The summed E-state index contributed by atoms with van der Waals surface area (Å²) in [7, 11) is -2.32. The summed E-state index contributed by atoms with van der Waals surface area (Å²) in [5.74, 6) is -2.37. The number of hydrogen-bond donors (Lipinski definition) is 1. The van der Waals surface area contributed by atoms with Gasteiger partial charge in [-0.2, -0.15) is 5.10 Å². The largest absolute Gasteiger partial charge is 0.369 e. The van der Waals surface area contributed by atoms with Gasteiger partial charge in [-0.15, -0.1) is 0 Å². The zero-order chi connectivity index (χ0) is 38.2. The third-order valence-corrected chi connectivity index (χ3v) is 12.0. The summed E-state index contributed by atoms with van der Waals surface area (Å²) >= 11 is 0. The van der Waals surface area contributed by atoms with Gasteiger partial charge in [-0.1, -0.05) is 91.0 Å². The van der Waals surface area contributed by atoms with Crippen molar-refractivity contribution in [1.29, 1.82) is 0 Å². The monoisotopic (exact) mass is 753 g/mol. The number of aromatic nitrogens is 2. The number of amides is 1. The lowest BCUT2D eigenvalue weighted by atomic mass is 9.77. The molecule has 1 fully saturated rings. The fourth-order valence-corrected chi connectivity index (χ4v) is 8.73. The molecule has 0 spiro atoms. The van der Waals surface area contributed by atoms with Gasteiger partial charge in [-0.3, -0.25) is 4.79 Å². The molecule has 0 bridgehead atoms. The summed E-state index contributed by atoms with van der Waals surface area (Å²) in [6, 6.07) is 43.4. The van der Waals surface area contributed by atoms with E-state index in [0.29, 0.717) is 22.5 Å². The van der Waals surface area contributed by atoms with E-state index in [1.807, 2.05) is 108 Å². The Bertz CT molecular complexity index is 2480. The SMILES string of the molecule is CN1CCN(c2ccc(C(=O)Nc3nn(C(c4ccccc4)(c4ccccc4)c4ccccc4)c4ccc(S(=O)(=O)c5cc(F)cc(F)c5)cc34)cc2)CC1. The molecule has 0 aliphatic carbocycles. The van der Waals surface area contributed by atoms with Crippen molar-refractivity contribution in [2.45, 2.75) is 15.3 Å². The molecule has 0 atom stereocenters. The molecule has 1 aliphatic rings. The predicted octanol–water partition coefficient (Wildman–Crippen LogP) is 7.99. The second-order valence-corrected chi connectivity index (χ2v) is 15.6. The van der Waals surface area contributed by atoms with Crippen molar-refractivity contribution in [2.24, 2.45) is 0 Å². The molecule has 0 saturated carbocycles. The third kappa shape index (κ3) is 6.66. The molecule has 55 heavy (non-hydrogen) atoms. The fourth-order valence-electron chi connectivity index (χ4n) is 7.41. The van der Waals surface area contributed by atoms with Gasteiger partial charge in [0, 0.05) is 48.9 Å². The standard InChI is InChI=1S/C44H37F2N5O3S/c1-49-23-25-50(26-24-49)37-19-17-31(18-20-37)43(52)47-42-40-30-38(55(53,54)39-28-35(45)27-36(46)29-39)21-22-41(40)51(48-42)44(32-11-5-2-6-12-32,33-13-7-3-8-14-33)34-15-9-4-10-16-34/h2-22,27-30H,23-26H2,1H3,(H,47,48,52). The lowest BCUT2D eigenvalue weighted by Gasteiger charge is -2.37. The number of nitrogens with one attached hydrogen (secondary N) is 1. The number of hydrogen-bond acceptors (Lipinski definition) is 6. The molecular weight excluding hydrogens is 717 g/mol. The summed E-state index contributed by atoms with van der Waals surface area (Å²) in [5.41, 5.74) is 3.38. The fraction of sp³-hybridized carbons (Fsp3) is 0.136. The number of benzene rings is 6. The van der Waals surface area contributed by atoms with Crippen LogP contribution in [-0.4, -0.2) is 62.2 Å². The Morgan fingerprint density at radius 2 is 1.18 bits per heavy atom. The Hall–Kier alpha value is -6.17. The maximum absolute atomic E-state index is 14.3. The van der Waals surface area contributed by atoms with Gasteiger partial charge in [0.2, 0.25) is 9.84 Å². The molecule has 0 unspecified atom stereocenters. The van der Waals surface area contributed by atoms with Crippen LogP contribution in [0.1, 0.15) is 27.0 Å². The molecule has 1 saturated heterocycles. The van der Waals surface area contributed by atoms with Crippen LogP contribution in [0.5, 0.6) is 0 Å². The molecule has 1 amide bonds. The summed E-state index contributed by atoms with van der Waals surface area (Å²) in [4.78, 5) is 17.9. The number of piperazine rings is 1. The van der Waals surface area contributed by atoms with E-state index in [-0.39, 0.29) is 10.7 Å². The molecule has 1 aromatic heterocycles. The third-order valence-electron chi connectivity index (χ3n) is 10.2. The molecule has 7 aromatic rings. The molecule has 1 aliphatic heterocycles. The Balaban J connectivity index is 1.32. The van der Waals surface area contributed by atoms with E-state index in [2.05, 4.69) is 22.2 Å². The zero-order valence-corrected chi connectivity index (χ0v) is 30.8. The van der Waals surface area contributed by atoms with Gasteiger partial charge >= 0.3 is 0 Å². The minimum atomic E-state index is -4.41. The van der Waals surface area contributed by atoms with Gasteiger partial charge in [-0.25, -0.2) is 21.9 Å². The van der Waals surface area contributed by atoms with E-state index in [9.17, 15) is 22.0 Å². The molecule has 0 radical (unpaired) electrons. The number of anilines is 2. The van der Waals surface area contributed by atoms with Crippen molar-refractivity contribution in [1.82, 2.24) is 14.7 Å². The quantitative estimate of drug-likeness (QED) is 0.151. The van der Waals surface area contributed by atoms with Crippen molar-refractivity contribution < 1.29 is 22.0 Å².